The van der Waals surface area contributed by atoms with Crippen molar-refractivity contribution in [2.75, 3.05) is 30.4 Å². The van der Waals surface area contributed by atoms with Crippen LogP contribution in [0.3, 0.4) is 0 Å². The predicted molar refractivity (Wildman–Crippen MR) is 113 cm³/mol. The third-order valence-corrected chi connectivity index (χ3v) is 5.70. The molecule has 0 saturated carbocycles. The smallest absolute Gasteiger partial charge is 0.339 e. The number of benzene rings is 1. The standard InChI is InChI=1S/C22H24N4O4/c1-13-14(2)30-21-18(13)19(23-12-24-21)26-10-8-15(9-11-26)20(27)25-17-7-5-4-6-16(17)22(28)29-3/h4-7,12,15H,8-11H2,1-3H3,(H,25,27). The lowest BCUT2D eigenvalue weighted by Gasteiger charge is -2.32. The first kappa shape index (κ1) is 19.9. The minimum Gasteiger partial charge on any atom is -0.465 e. The molecule has 1 aromatic carbocycles. The van der Waals surface area contributed by atoms with Gasteiger partial charge in [-0.1, -0.05) is 12.1 Å². The number of rotatable bonds is 4. The van der Waals surface area contributed by atoms with Crippen LogP contribution in [0.1, 0.15) is 34.5 Å². The van der Waals surface area contributed by atoms with Gasteiger partial charge < -0.3 is 19.4 Å². The molecule has 30 heavy (non-hydrogen) atoms. The fraction of sp³-hybridized carbons (Fsp3) is 0.364. The molecule has 1 fully saturated rings. The van der Waals surface area contributed by atoms with Crippen LogP contribution in [-0.2, 0) is 9.53 Å². The molecule has 8 nitrogen and oxygen atoms in total. The molecule has 1 saturated heterocycles. The summed E-state index contributed by atoms with van der Waals surface area (Å²) in [5.74, 6) is 0.986. The van der Waals surface area contributed by atoms with Crippen molar-refractivity contribution in [3.63, 3.8) is 0 Å². The van der Waals surface area contributed by atoms with E-state index in [0.29, 0.717) is 42.9 Å². The lowest BCUT2D eigenvalue weighted by molar-refractivity contribution is -0.120. The maximum atomic E-state index is 12.8. The number of carbonyl (C=O) groups is 2. The molecular weight excluding hydrogens is 384 g/mol. The second-order valence-corrected chi connectivity index (χ2v) is 7.45. The summed E-state index contributed by atoms with van der Waals surface area (Å²) in [6.45, 7) is 5.33. The van der Waals surface area contributed by atoms with E-state index in [9.17, 15) is 9.59 Å². The minimum atomic E-state index is -0.473. The minimum absolute atomic E-state index is 0.0887. The summed E-state index contributed by atoms with van der Waals surface area (Å²) in [7, 11) is 1.32. The van der Waals surface area contributed by atoms with Gasteiger partial charge in [-0.3, -0.25) is 4.79 Å². The number of ether oxygens (including phenoxy) is 1. The molecule has 4 rings (SSSR count). The zero-order valence-electron chi connectivity index (χ0n) is 17.3. The van der Waals surface area contributed by atoms with Crippen LogP contribution in [-0.4, -0.2) is 42.0 Å². The number of methoxy groups -OCH3 is 1. The summed E-state index contributed by atoms with van der Waals surface area (Å²) in [6, 6.07) is 6.86. The van der Waals surface area contributed by atoms with Gasteiger partial charge in [0.2, 0.25) is 11.6 Å². The van der Waals surface area contributed by atoms with Crippen LogP contribution in [0.5, 0.6) is 0 Å². The first-order chi connectivity index (χ1) is 14.5. The lowest BCUT2D eigenvalue weighted by Crippen LogP contribution is -2.38. The van der Waals surface area contributed by atoms with E-state index in [0.717, 1.165) is 22.5 Å². The number of anilines is 2. The molecule has 3 aromatic rings. The first-order valence-electron chi connectivity index (χ1n) is 9.93. The number of hydrogen-bond acceptors (Lipinski definition) is 7. The Hall–Kier alpha value is -3.42. The number of aromatic nitrogens is 2. The van der Waals surface area contributed by atoms with E-state index in [4.69, 9.17) is 9.15 Å². The molecule has 156 valence electrons. The molecule has 3 heterocycles. The van der Waals surface area contributed by atoms with Crippen molar-refractivity contribution in [3.05, 3.63) is 47.5 Å². The molecule has 0 spiro atoms. The summed E-state index contributed by atoms with van der Waals surface area (Å²) in [5.41, 5.74) is 2.45. The predicted octanol–water partition coefficient (Wildman–Crippen LogP) is 3.48. The number of aryl methyl sites for hydroxylation is 2. The molecule has 0 atom stereocenters. The monoisotopic (exact) mass is 408 g/mol. The summed E-state index contributed by atoms with van der Waals surface area (Å²) in [4.78, 5) is 35.6. The van der Waals surface area contributed by atoms with Gasteiger partial charge in [-0.2, -0.15) is 0 Å². The molecule has 1 aliphatic heterocycles. The van der Waals surface area contributed by atoms with Crippen molar-refractivity contribution < 1.29 is 18.7 Å². The zero-order valence-corrected chi connectivity index (χ0v) is 17.3. The maximum Gasteiger partial charge on any atom is 0.339 e. The van der Waals surface area contributed by atoms with Gasteiger partial charge in [-0.05, 0) is 38.8 Å². The number of carbonyl (C=O) groups excluding carboxylic acids is 2. The highest BCUT2D eigenvalue weighted by molar-refractivity contribution is 6.02. The van der Waals surface area contributed by atoms with Crippen LogP contribution in [0.4, 0.5) is 11.5 Å². The maximum absolute atomic E-state index is 12.8. The van der Waals surface area contributed by atoms with Crippen molar-refractivity contribution in [2.24, 2.45) is 5.92 Å². The number of nitrogens with one attached hydrogen (secondary N) is 1. The summed E-state index contributed by atoms with van der Waals surface area (Å²) >= 11 is 0. The highest BCUT2D eigenvalue weighted by Gasteiger charge is 2.28. The Morgan fingerprint density at radius 3 is 2.63 bits per heavy atom. The third-order valence-electron chi connectivity index (χ3n) is 5.70. The van der Waals surface area contributed by atoms with E-state index in [1.54, 1.807) is 24.3 Å². The Balaban J connectivity index is 1.46. The first-order valence-corrected chi connectivity index (χ1v) is 9.93. The van der Waals surface area contributed by atoms with Gasteiger partial charge in [0.1, 0.15) is 17.9 Å². The van der Waals surface area contributed by atoms with Crippen LogP contribution in [0.25, 0.3) is 11.1 Å². The van der Waals surface area contributed by atoms with Gasteiger partial charge >= 0.3 is 5.97 Å². The topological polar surface area (TPSA) is 97.6 Å². The molecule has 1 aliphatic rings. The third kappa shape index (κ3) is 3.60. The summed E-state index contributed by atoms with van der Waals surface area (Å²) < 4.78 is 10.5. The Bertz CT molecular complexity index is 1100. The van der Waals surface area contributed by atoms with Crippen molar-refractivity contribution in [2.45, 2.75) is 26.7 Å². The Kier molecular flexibility index (Phi) is 5.39. The molecule has 0 radical (unpaired) electrons. The fourth-order valence-electron chi connectivity index (χ4n) is 3.87. The number of esters is 1. The number of piperidine rings is 1. The van der Waals surface area contributed by atoms with E-state index in [1.165, 1.54) is 13.4 Å². The van der Waals surface area contributed by atoms with Gasteiger partial charge in [0.15, 0.2) is 0 Å². The molecule has 0 unspecified atom stereocenters. The van der Waals surface area contributed by atoms with E-state index in [1.807, 2.05) is 13.8 Å². The van der Waals surface area contributed by atoms with E-state index >= 15 is 0 Å². The second kappa shape index (κ2) is 8.14. The lowest BCUT2D eigenvalue weighted by atomic mass is 9.95. The number of fused-ring (bicyclic) bond motifs is 1. The quantitative estimate of drug-likeness (QED) is 0.660. The number of hydrogen-bond donors (Lipinski definition) is 1. The van der Waals surface area contributed by atoms with Crippen LogP contribution in [0.15, 0.2) is 35.0 Å². The summed E-state index contributed by atoms with van der Waals surface area (Å²) in [6.07, 6.45) is 2.89. The van der Waals surface area contributed by atoms with Gasteiger partial charge in [0, 0.05) is 24.6 Å². The summed E-state index contributed by atoms with van der Waals surface area (Å²) in [5, 5.41) is 3.83. The molecule has 0 aliphatic carbocycles. The number of nitrogens with zero attached hydrogens (tertiary/aromatic N) is 3. The molecule has 1 N–H and O–H groups in total. The second-order valence-electron chi connectivity index (χ2n) is 7.45. The van der Waals surface area contributed by atoms with Crippen LogP contribution in [0, 0.1) is 19.8 Å². The van der Waals surface area contributed by atoms with Crippen LogP contribution < -0.4 is 10.2 Å². The molecule has 8 heteroatoms. The van der Waals surface area contributed by atoms with Crippen molar-refractivity contribution in [3.8, 4) is 0 Å². The van der Waals surface area contributed by atoms with Crippen molar-refractivity contribution >= 4 is 34.5 Å². The Morgan fingerprint density at radius 2 is 1.90 bits per heavy atom. The molecular formula is C22H24N4O4. The molecule has 1 amide bonds. The van der Waals surface area contributed by atoms with E-state index in [-0.39, 0.29) is 11.8 Å². The van der Waals surface area contributed by atoms with E-state index in [2.05, 4.69) is 20.2 Å². The Labute approximate surface area is 174 Å². The molecule has 0 bridgehead atoms. The number of amides is 1. The van der Waals surface area contributed by atoms with Gasteiger partial charge in [0.05, 0.1) is 23.7 Å². The van der Waals surface area contributed by atoms with Crippen LogP contribution in [0.2, 0.25) is 0 Å². The van der Waals surface area contributed by atoms with Crippen molar-refractivity contribution in [1.29, 1.82) is 0 Å². The Morgan fingerprint density at radius 1 is 1.17 bits per heavy atom. The molecule has 2 aromatic heterocycles. The van der Waals surface area contributed by atoms with Crippen molar-refractivity contribution in [1.82, 2.24) is 9.97 Å². The average molecular weight is 408 g/mol. The average Bonchev–Trinajstić information content (AvgIpc) is 3.07. The number of furan rings is 1. The normalized spacial score (nSPS) is 14.7. The zero-order chi connectivity index (χ0) is 21.3. The SMILES string of the molecule is COC(=O)c1ccccc1NC(=O)C1CCN(c2ncnc3oc(C)c(C)c23)CC1. The highest BCUT2D eigenvalue weighted by atomic mass is 16.5. The van der Waals surface area contributed by atoms with Crippen LogP contribution >= 0.6 is 0 Å². The highest BCUT2D eigenvalue weighted by Crippen LogP contribution is 2.32. The number of para-hydroxylation sites is 1. The fourth-order valence-corrected chi connectivity index (χ4v) is 3.87. The van der Waals surface area contributed by atoms with Gasteiger partial charge in [0.25, 0.3) is 0 Å². The largest absolute Gasteiger partial charge is 0.465 e. The van der Waals surface area contributed by atoms with E-state index < -0.39 is 5.97 Å². The van der Waals surface area contributed by atoms with Gasteiger partial charge in [-0.15, -0.1) is 0 Å². The van der Waals surface area contributed by atoms with Gasteiger partial charge in [-0.25, -0.2) is 14.8 Å².